The van der Waals surface area contributed by atoms with E-state index in [9.17, 15) is 14.7 Å². The van der Waals surface area contributed by atoms with Gasteiger partial charge in [0.2, 0.25) is 5.78 Å². The Morgan fingerprint density at radius 1 is 1.08 bits per heavy atom. The first-order valence-electron chi connectivity index (χ1n) is 12.0. The topological polar surface area (TPSA) is 80.0 Å². The number of hydrogen-bond donors (Lipinski definition) is 1. The van der Waals surface area contributed by atoms with E-state index in [4.69, 9.17) is 20.8 Å². The van der Waals surface area contributed by atoms with Crippen molar-refractivity contribution in [1.29, 1.82) is 0 Å². The third-order valence-electron chi connectivity index (χ3n) is 6.34. The van der Waals surface area contributed by atoms with Crippen LogP contribution in [0.15, 0.2) is 88.5 Å². The molecule has 0 spiro atoms. The highest BCUT2D eigenvalue weighted by Gasteiger charge is 2.45. The summed E-state index contributed by atoms with van der Waals surface area (Å²) in [5.41, 5.74) is 2.57. The fourth-order valence-corrected chi connectivity index (χ4v) is 4.70. The molecule has 1 N–H and O–H groups in total. The van der Waals surface area contributed by atoms with Crippen LogP contribution in [-0.2, 0) is 4.79 Å². The molecule has 3 aromatic carbocycles. The molecule has 1 atom stereocenters. The first-order valence-corrected chi connectivity index (χ1v) is 12.4. The summed E-state index contributed by atoms with van der Waals surface area (Å²) in [7, 11) is 0. The van der Waals surface area contributed by atoms with E-state index in [2.05, 4.69) is 13.8 Å². The highest BCUT2D eigenvalue weighted by atomic mass is 35.5. The molecule has 0 aliphatic carbocycles. The van der Waals surface area contributed by atoms with Crippen molar-refractivity contribution in [2.45, 2.75) is 26.8 Å². The third kappa shape index (κ3) is 4.60. The Morgan fingerprint density at radius 3 is 2.51 bits per heavy atom. The van der Waals surface area contributed by atoms with Crippen LogP contribution in [-0.4, -0.2) is 23.4 Å². The molecule has 1 amide bonds. The Bertz CT molecular complexity index is 1530. The summed E-state index contributed by atoms with van der Waals surface area (Å²) < 4.78 is 11.6. The molecule has 4 aromatic rings. The monoisotopic (exact) mass is 515 g/mol. The minimum Gasteiger partial charge on any atom is -0.503 e. The molecule has 0 radical (unpaired) electrons. The Morgan fingerprint density at radius 2 is 1.81 bits per heavy atom. The average Bonchev–Trinajstić information content (AvgIpc) is 3.41. The number of aliphatic hydroxyl groups excluding tert-OH is 1. The van der Waals surface area contributed by atoms with Crippen molar-refractivity contribution < 1.29 is 23.8 Å². The number of aryl methyl sites for hydroxylation is 1. The van der Waals surface area contributed by atoms with E-state index in [0.29, 0.717) is 40.0 Å². The van der Waals surface area contributed by atoms with E-state index < -0.39 is 23.5 Å². The van der Waals surface area contributed by atoms with E-state index in [-0.39, 0.29) is 11.3 Å². The number of Topliss-reactive ketones (excluding diaryl/α,β-unsaturated/α-hetero) is 1. The van der Waals surface area contributed by atoms with Gasteiger partial charge in [0, 0.05) is 16.1 Å². The second kappa shape index (κ2) is 9.79. The number of carbonyl (C=O) groups excluding carboxylic acids is 2. The number of carbonyl (C=O) groups is 2. The van der Waals surface area contributed by atoms with Crippen molar-refractivity contribution in [3.63, 3.8) is 0 Å². The number of furan rings is 1. The molecule has 2 heterocycles. The van der Waals surface area contributed by atoms with Crippen LogP contribution in [0.25, 0.3) is 11.0 Å². The highest BCUT2D eigenvalue weighted by molar-refractivity contribution is 6.31. The number of anilines is 1. The molecule has 5 rings (SSSR count). The van der Waals surface area contributed by atoms with Gasteiger partial charge in [-0.3, -0.25) is 14.5 Å². The molecule has 0 bridgehead atoms. The second-order valence-electron chi connectivity index (χ2n) is 9.52. The molecule has 0 saturated carbocycles. The van der Waals surface area contributed by atoms with Gasteiger partial charge in [-0.15, -0.1) is 0 Å². The molecule has 7 heteroatoms. The number of hydrogen-bond acceptors (Lipinski definition) is 5. The zero-order valence-corrected chi connectivity index (χ0v) is 21.5. The largest absolute Gasteiger partial charge is 0.503 e. The number of ketones is 1. The van der Waals surface area contributed by atoms with Crippen molar-refractivity contribution in [2.75, 3.05) is 11.5 Å². The Hall–Kier alpha value is -4.03. The molecule has 0 fully saturated rings. The molecular formula is C30H26ClNO5. The molecule has 1 aliphatic rings. The molecule has 1 aliphatic heterocycles. The highest BCUT2D eigenvalue weighted by Crippen LogP contribution is 2.43. The van der Waals surface area contributed by atoms with E-state index in [1.165, 1.54) is 4.90 Å². The maximum absolute atomic E-state index is 13.8. The molecule has 1 aromatic heterocycles. The van der Waals surface area contributed by atoms with Gasteiger partial charge in [0.25, 0.3) is 5.91 Å². The van der Waals surface area contributed by atoms with Crippen LogP contribution in [0.5, 0.6) is 5.75 Å². The minimum absolute atomic E-state index is 0.0180. The smallest absolute Gasteiger partial charge is 0.294 e. The first kappa shape index (κ1) is 24.7. The van der Waals surface area contributed by atoms with Crippen molar-refractivity contribution >= 4 is 39.9 Å². The fourth-order valence-electron chi connectivity index (χ4n) is 4.52. The summed E-state index contributed by atoms with van der Waals surface area (Å²) in [6, 6.07) is 20.3. The number of fused-ring (bicyclic) bond motifs is 1. The molecule has 188 valence electrons. The number of benzene rings is 3. The first-order chi connectivity index (χ1) is 17.7. The number of aliphatic hydroxyl groups is 1. The SMILES string of the molecule is Cc1ccccc1C1C(C(=O)c2cc3cc(Cl)ccc3o2)=C(O)C(=O)N1c1ccc(OCC(C)C)cc1. The summed E-state index contributed by atoms with van der Waals surface area (Å²) in [6.07, 6.45) is 0. The number of halogens is 1. The van der Waals surface area contributed by atoms with Crippen molar-refractivity contribution in [2.24, 2.45) is 5.92 Å². The van der Waals surface area contributed by atoms with Crippen LogP contribution in [0.1, 0.15) is 41.6 Å². The Labute approximate surface area is 219 Å². The zero-order valence-electron chi connectivity index (χ0n) is 20.7. The van der Waals surface area contributed by atoms with E-state index >= 15 is 0 Å². The number of amides is 1. The third-order valence-corrected chi connectivity index (χ3v) is 6.57. The van der Waals surface area contributed by atoms with Crippen LogP contribution < -0.4 is 9.64 Å². The maximum Gasteiger partial charge on any atom is 0.294 e. The number of ether oxygens (including phenoxy) is 1. The van der Waals surface area contributed by atoms with Gasteiger partial charge in [0.05, 0.1) is 18.2 Å². The number of rotatable bonds is 7. The Balaban J connectivity index is 1.58. The number of nitrogens with zero attached hydrogens (tertiary/aromatic N) is 1. The van der Waals surface area contributed by atoms with E-state index in [1.807, 2.05) is 31.2 Å². The standard InChI is InChI=1S/C30H26ClNO5/c1-17(2)16-36-22-11-9-21(10-12-22)32-27(23-7-5-4-6-18(23)3)26(29(34)30(32)35)28(33)25-15-19-14-20(31)8-13-24(19)37-25/h4-15,17,27,34H,16H2,1-3H3. The van der Waals surface area contributed by atoms with Crippen molar-refractivity contribution in [3.8, 4) is 5.75 Å². The van der Waals surface area contributed by atoms with E-state index in [1.54, 1.807) is 48.5 Å². The molecule has 6 nitrogen and oxygen atoms in total. The Kier molecular flexibility index (Phi) is 6.52. The van der Waals surface area contributed by atoms with Gasteiger partial charge in [-0.2, -0.15) is 0 Å². The molecular weight excluding hydrogens is 490 g/mol. The zero-order chi connectivity index (χ0) is 26.3. The summed E-state index contributed by atoms with van der Waals surface area (Å²) in [5.74, 6) is -0.765. The minimum atomic E-state index is -0.847. The predicted molar refractivity (Wildman–Crippen MR) is 143 cm³/mol. The van der Waals surface area contributed by atoms with Gasteiger partial charge in [-0.25, -0.2) is 0 Å². The van der Waals surface area contributed by atoms with Crippen LogP contribution >= 0.6 is 11.6 Å². The van der Waals surface area contributed by atoms with Crippen LogP contribution in [0.4, 0.5) is 5.69 Å². The lowest BCUT2D eigenvalue weighted by Gasteiger charge is -2.28. The van der Waals surface area contributed by atoms with Gasteiger partial charge >= 0.3 is 0 Å². The lowest BCUT2D eigenvalue weighted by atomic mass is 9.92. The van der Waals surface area contributed by atoms with Crippen LogP contribution in [0, 0.1) is 12.8 Å². The lowest BCUT2D eigenvalue weighted by molar-refractivity contribution is -0.117. The lowest BCUT2D eigenvalue weighted by Crippen LogP contribution is -2.31. The summed E-state index contributed by atoms with van der Waals surface area (Å²) in [4.78, 5) is 28.7. The van der Waals surface area contributed by atoms with Gasteiger partial charge in [0.1, 0.15) is 11.3 Å². The summed E-state index contributed by atoms with van der Waals surface area (Å²) >= 11 is 6.09. The van der Waals surface area contributed by atoms with Crippen LogP contribution in [0.3, 0.4) is 0 Å². The van der Waals surface area contributed by atoms with Gasteiger partial charge in [-0.1, -0.05) is 49.7 Å². The predicted octanol–water partition coefficient (Wildman–Crippen LogP) is 7.21. The fraction of sp³-hybridized carbons (Fsp3) is 0.200. The van der Waals surface area contributed by atoms with Crippen molar-refractivity contribution in [3.05, 3.63) is 106 Å². The maximum atomic E-state index is 13.8. The summed E-state index contributed by atoms with van der Waals surface area (Å²) in [5, 5.41) is 12.2. The summed E-state index contributed by atoms with van der Waals surface area (Å²) in [6.45, 7) is 6.60. The molecule has 0 saturated heterocycles. The van der Waals surface area contributed by atoms with Crippen LogP contribution in [0.2, 0.25) is 5.02 Å². The molecule has 37 heavy (non-hydrogen) atoms. The van der Waals surface area contributed by atoms with Gasteiger partial charge < -0.3 is 14.3 Å². The quantitative estimate of drug-likeness (QED) is 0.263. The van der Waals surface area contributed by atoms with E-state index in [0.717, 1.165) is 11.1 Å². The van der Waals surface area contributed by atoms with Crippen molar-refractivity contribution in [1.82, 2.24) is 0 Å². The average molecular weight is 516 g/mol. The second-order valence-corrected chi connectivity index (χ2v) is 9.95. The van der Waals surface area contributed by atoms with Gasteiger partial charge in [-0.05, 0) is 72.5 Å². The van der Waals surface area contributed by atoms with Gasteiger partial charge in [0.15, 0.2) is 11.5 Å². The molecule has 1 unspecified atom stereocenters. The normalized spacial score (nSPS) is 15.8.